The molecule has 3 aromatic carbocycles. The number of halogens is 1. The van der Waals surface area contributed by atoms with Crippen molar-refractivity contribution in [2.45, 2.75) is 0 Å². The van der Waals surface area contributed by atoms with Crippen LogP contribution in [0.2, 0.25) is 5.02 Å². The van der Waals surface area contributed by atoms with Crippen molar-refractivity contribution < 1.29 is 19.1 Å². The van der Waals surface area contributed by atoms with E-state index >= 15 is 0 Å². The number of methoxy groups -OCH3 is 1. The van der Waals surface area contributed by atoms with Crippen LogP contribution >= 0.6 is 11.6 Å². The van der Waals surface area contributed by atoms with E-state index < -0.39 is 0 Å². The Balaban J connectivity index is 1.49. The first-order valence-corrected chi connectivity index (χ1v) is 12.1. The van der Waals surface area contributed by atoms with Gasteiger partial charge in [0.2, 0.25) is 5.91 Å². The van der Waals surface area contributed by atoms with Crippen LogP contribution in [-0.2, 0) is 14.3 Å². The molecule has 0 radical (unpaired) electrons. The minimum Gasteiger partial charge on any atom is -0.484 e. The summed E-state index contributed by atoms with van der Waals surface area (Å²) in [6.07, 6.45) is 0. The average molecular weight is 519 g/mol. The second-order valence-electron chi connectivity index (χ2n) is 8.13. The number of hydrogen-bond donors (Lipinski definition) is 1. The van der Waals surface area contributed by atoms with E-state index in [4.69, 9.17) is 26.2 Å². The maximum Gasteiger partial charge on any atom is 0.261 e. The molecule has 0 atom stereocenters. The minimum atomic E-state index is -0.368. The third kappa shape index (κ3) is 7.19. The predicted molar refractivity (Wildman–Crippen MR) is 143 cm³/mol. The number of rotatable bonds is 11. The lowest BCUT2D eigenvalue weighted by Crippen LogP contribution is -2.42. The molecule has 190 valence electrons. The third-order valence-electron chi connectivity index (χ3n) is 5.48. The van der Waals surface area contributed by atoms with Crippen LogP contribution < -0.4 is 10.1 Å². The first-order chi connectivity index (χ1) is 18.0. The molecule has 2 amide bonds. The van der Waals surface area contributed by atoms with E-state index in [0.29, 0.717) is 22.3 Å². The fourth-order valence-corrected chi connectivity index (χ4v) is 3.73. The van der Waals surface area contributed by atoms with Crippen LogP contribution in [0.1, 0.15) is 0 Å². The zero-order chi connectivity index (χ0) is 26.0. The van der Waals surface area contributed by atoms with Crippen molar-refractivity contribution >= 4 is 29.2 Å². The summed E-state index contributed by atoms with van der Waals surface area (Å²) in [7, 11) is 1.54. The first kappa shape index (κ1) is 25.9. The van der Waals surface area contributed by atoms with Crippen molar-refractivity contribution in [3.63, 3.8) is 0 Å². The summed E-state index contributed by atoms with van der Waals surface area (Å²) in [5, 5.41) is 8.19. The van der Waals surface area contributed by atoms with Crippen LogP contribution in [0.4, 0.5) is 5.82 Å². The van der Waals surface area contributed by atoms with Gasteiger partial charge in [-0.25, -0.2) is 4.68 Å². The number of carbonyl (C=O) groups excluding carboxylic acids is 2. The van der Waals surface area contributed by atoms with Crippen molar-refractivity contribution in [3.8, 4) is 22.7 Å². The lowest BCUT2D eigenvalue weighted by Gasteiger charge is -2.22. The second-order valence-corrected chi connectivity index (χ2v) is 8.56. The Hall–Kier alpha value is -4.14. The molecule has 1 aromatic heterocycles. The lowest BCUT2D eigenvalue weighted by molar-refractivity contribution is -0.137. The smallest absolute Gasteiger partial charge is 0.261 e. The molecule has 1 heterocycles. The van der Waals surface area contributed by atoms with Gasteiger partial charge in [0.25, 0.3) is 5.91 Å². The number of nitrogens with zero attached hydrogens (tertiary/aromatic N) is 3. The van der Waals surface area contributed by atoms with Gasteiger partial charge in [0.05, 0.1) is 18.0 Å². The molecule has 4 rings (SSSR count). The summed E-state index contributed by atoms with van der Waals surface area (Å²) in [6.45, 7) is 0.117. The molecule has 0 fully saturated rings. The van der Waals surface area contributed by atoms with Gasteiger partial charge in [0.1, 0.15) is 18.1 Å². The number of benzene rings is 3. The van der Waals surface area contributed by atoms with Gasteiger partial charge in [-0.15, -0.1) is 0 Å². The molecule has 0 aliphatic heterocycles. The molecule has 0 saturated carbocycles. The van der Waals surface area contributed by atoms with Gasteiger partial charge in [-0.1, -0.05) is 60.1 Å². The molecule has 0 aliphatic rings. The van der Waals surface area contributed by atoms with Crippen molar-refractivity contribution in [1.82, 2.24) is 14.7 Å². The number of ether oxygens (including phenoxy) is 2. The van der Waals surface area contributed by atoms with E-state index in [-0.39, 0.29) is 38.1 Å². The summed E-state index contributed by atoms with van der Waals surface area (Å²) in [5.74, 6) is 0.289. The van der Waals surface area contributed by atoms with Gasteiger partial charge in [0, 0.05) is 30.3 Å². The summed E-state index contributed by atoms with van der Waals surface area (Å²) in [5.41, 5.74) is 2.43. The van der Waals surface area contributed by atoms with Gasteiger partial charge >= 0.3 is 0 Å². The molecule has 0 unspecified atom stereocenters. The zero-order valence-corrected chi connectivity index (χ0v) is 21.1. The number of nitrogens with one attached hydrogen (secondary N) is 1. The first-order valence-electron chi connectivity index (χ1n) is 11.7. The number of para-hydroxylation sites is 1. The summed E-state index contributed by atoms with van der Waals surface area (Å²) >= 11 is 5.90. The van der Waals surface area contributed by atoms with E-state index in [1.54, 1.807) is 28.9 Å². The minimum absolute atomic E-state index is 0.174. The third-order valence-corrected chi connectivity index (χ3v) is 5.73. The highest BCUT2D eigenvalue weighted by molar-refractivity contribution is 6.30. The molecular formula is C28H27ClN4O4. The molecule has 1 N–H and O–H groups in total. The van der Waals surface area contributed by atoms with Crippen LogP contribution in [0.3, 0.4) is 0 Å². The van der Waals surface area contributed by atoms with E-state index in [2.05, 4.69) is 5.32 Å². The van der Waals surface area contributed by atoms with E-state index in [1.807, 2.05) is 66.7 Å². The van der Waals surface area contributed by atoms with Gasteiger partial charge in [-0.3, -0.25) is 9.59 Å². The SMILES string of the molecule is COCCN(CC(=O)Nc1cc(-c2ccccc2)nn1-c1ccccc1)C(=O)COc1ccc(Cl)cc1. The number of amides is 2. The van der Waals surface area contributed by atoms with Gasteiger partial charge < -0.3 is 19.7 Å². The van der Waals surface area contributed by atoms with Crippen LogP contribution in [0, 0.1) is 0 Å². The van der Waals surface area contributed by atoms with Gasteiger partial charge in [-0.2, -0.15) is 5.10 Å². The Bertz CT molecular complexity index is 1310. The number of hydrogen-bond acceptors (Lipinski definition) is 5. The highest BCUT2D eigenvalue weighted by Gasteiger charge is 2.20. The van der Waals surface area contributed by atoms with Gasteiger partial charge in [-0.05, 0) is 36.4 Å². The lowest BCUT2D eigenvalue weighted by atomic mass is 10.1. The second kappa shape index (κ2) is 12.7. The topological polar surface area (TPSA) is 85.7 Å². The Kier molecular flexibility index (Phi) is 8.91. The summed E-state index contributed by atoms with van der Waals surface area (Å²) < 4.78 is 12.4. The molecule has 0 bridgehead atoms. The highest BCUT2D eigenvalue weighted by atomic mass is 35.5. The standard InChI is InChI=1S/C28H27ClN4O4/c1-36-17-16-32(28(35)20-37-24-14-12-22(29)13-15-24)19-27(34)30-26-18-25(21-8-4-2-5-9-21)31-33(26)23-10-6-3-7-11-23/h2-15,18H,16-17,19-20H2,1H3,(H,30,34). The Labute approximate surface area is 220 Å². The molecule has 37 heavy (non-hydrogen) atoms. The maximum absolute atomic E-state index is 13.1. The maximum atomic E-state index is 13.1. The van der Waals surface area contributed by atoms with Crippen LogP contribution in [0.25, 0.3) is 16.9 Å². The Morgan fingerprint density at radius 3 is 2.32 bits per heavy atom. The van der Waals surface area contributed by atoms with E-state index in [1.165, 1.54) is 12.0 Å². The summed E-state index contributed by atoms with van der Waals surface area (Å²) in [4.78, 5) is 27.4. The summed E-state index contributed by atoms with van der Waals surface area (Å²) in [6, 6.07) is 27.7. The van der Waals surface area contributed by atoms with Crippen LogP contribution in [-0.4, -0.2) is 59.9 Å². The van der Waals surface area contributed by atoms with Crippen molar-refractivity contribution in [3.05, 3.63) is 96.0 Å². The van der Waals surface area contributed by atoms with E-state index in [9.17, 15) is 9.59 Å². The number of anilines is 1. The van der Waals surface area contributed by atoms with Crippen LogP contribution in [0.15, 0.2) is 91.0 Å². The molecule has 0 aliphatic carbocycles. The highest BCUT2D eigenvalue weighted by Crippen LogP contribution is 2.24. The van der Waals surface area contributed by atoms with Crippen molar-refractivity contribution in [1.29, 1.82) is 0 Å². The van der Waals surface area contributed by atoms with E-state index in [0.717, 1.165) is 11.3 Å². The predicted octanol–water partition coefficient (Wildman–Crippen LogP) is 4.69. The quantitative estimate of drug-likeness (QED) is 0.311. The van der Waals surface area contributed by atoms with Crippen molar-refractivity contribution in [2.75, 3.05) is 38.7 Å². The largest absolute Gasteiger partial charge is 0.484 e. The fourth-order valence-electron chi connectivity index (χ4n) is 3.60. The average Bonchev–Trinajstić information content (AvgIpc) is 3.35. The fraction of sp³-hybridized carbons (Fsp3) is 0.179. The number of aromatic nitrogens is 2. The zero-order valence-electron chi connectivity index (χ0n) is 20.3. The molecule has 8 nitrogen and oxygen atoms in total. The van der Waals surface area contributed by atoms with Crippen molar-refractivity contribution in [2.24, 2.45) is 0 Å². The monoisotopic (exact) mass is 518 g/mol. The molecular weight excluding hydrogens is 492 g/mol. The normalized spacial score (nSPS) is 10.6. The Morgan fingerprint density at radius 2 is 1.65 bits per heavy atom. The molecule has 4 aromatic rings. The van der Waals surface area contributed by atoms with Gasteiger partial charge in [0.15, 0.2) is 6.61 Å². The molecule has 9 heteroatoms. The van der Waals surface area contributed by atoms with Crippen LogP contribution in [0.5, 0.6) is 5.75 Å². The Morgan fingerprint density at radius 1 is 0.973 bits per heavy atom. The number of carbonyl (C=O) groups is 2. The molecule has 0 saturated heterocycles. The molecule has 0 spiro atoms.